The molecule has 0 spiro atoms. The SMILES string of the molecule is C[CH]=[Zr]([Cl])([Cl])([CH]1C(C)=Cc2c1ccc(C)c2C)[CH]1C(C)=Cc2c1ccc(C)c2C. The van der Waals surface area contributed by atoms with Crippen LogP contribution >= 0.6 is 17.0 Å². The van der Waals surface area contributed by atoms with Gasteiger partial charge in [0.1, 0.15) is 0 Å². The van der Waals surface area contributed by atoms with Crippen molar-refractivity contribution in [1.29, 1.82) is 0 Å². The molecule has 0 amide bonds. The molecular formula is C26H30Cl2Zr. The summed E-state index contributed by atoms with van der Waals surface area (Å²) in [6.45, 7) is 15.3. The van der Waals surface area contributed by atoms with E-state index in [9.17, 15) is 0 Å². The molecule has 152 valence electrons. The summed E-state index contributed by atoms with van der Waals surface area (Å²) in [5, 5.41) is 0. The molecule has 0 radical (unpaired) electrons. The third-order valence-electron chi connectivity index (χ3n) is 7.57. The number of allylic oxidation sites excluding steroid dienone is 2. The van der Waals surface area contributed by atoms with Crippen LogP contribution in [0.25, 0.3) is 12.2 Å². The van der Waals surface area contributed by atoms with Gasteiger partial charge in [0.15, 0.2) is 0 Å². The van der Waals surface area contributed by atoms with E-state index in [4.69, 9.17) is 17.0 Å². The predicted molar refractivity (Wildman–Crippen MR) is 128 cm³/mol. The number of hydrogen-bond acceptors (Lipinski definition) is 0. The molecule has 0 bridgehead atoms. The Labute approximate surface area is 183 Å². The Bertz CT molecular complexity index is 1100. The van der Waals surface area contributed by atoms with Crippen molar-refractivity contribution in [2.24, 2.45) is 0 Å². The van der Waals surface area contributed by atoms with Gasteiger partial charge in [0, 0.05) is 0 Å². The first kappa shape index (κ1) is 21.5. The summed E-state index contributed by atoms with van der Waals surface area (Å²) in [6.07, 6.45) is 4.67. The van der Waals surface area contributed by atoms with E-state index in [0.29, 0.717) is 0 Å². The second-order valence-corrected chi connectivity index (χ2v) is 30.6. The maximum atomic E-state index is 7.86. The number of fused-ring (bicyclic) bond motifs is 2. The fraction of sp³-hybridized carbons (Fsp3) is 0.346. The third kappa shape index (κ3) is 2.91. The molecule has 0 nitrogen and oxygen atoms in total. The molecule has 3 heteroatoms. The summed E-state index contributed by atoms with van der Waals surface area (Å²) in [7, 11) is 15.7. The van der Waals surface area contributed by atoms with E-state index < -0.39 is 15.9 Å². The van der Waals surface area contributed by atoms with Gasteiger partial charge in [-0.2, -0.15) is 0 Å². The number of hydrogen-bond donors (Lipinski definition) is 0. The van der Waals surface area contributed by atoms with Gasteiger partial charge in [0.2, 0.25) is 0 Å². The molecule has 0 heterocycles. The van der Waals surface area contributed by atoms with Crippen LogP contribution in [0.15, 0.2) is 35.4 Å². The fourth-order valence-corrected chi connectivity index (χ4v) is 23.8. The molecule has 2 aliphatic carbocycles. The molecule has 0 aliphatic heterocycles. The molecule has 29 heavy (non-hydrogen) atoms. The average Bonchev–Trinajstić information content (AvgIpc) is 3.20. The van der Waals surface area contributed by atoms with E-state index in [1.807, 2.05) is 0 Å². The second-order valence-electron chi connectivity index (χ2n) is 9.18. The molecule has 0 aromatic heterocycles. The van der Waals surface area contributed by atoms with Crippen LogP contribution in [0.1, 0.15) is 72.5 Å². The first-order chi connectivity index (χ1) is 13.5. The molecule has 2 unspecified atom stereocenters. The van der Waals surface area contributed by atoms with Crippen LogP contribution in [0.3, 0.4) is 0 Å². The minimum atomic E-state index is -4.54. The zero-order valence-corrected chi connectivity index (χ0v) is 22.4. The van der Waals surface area contributed by atoms with Crippen LogP contribution in [0.2, 0.25) is 0 Å². The Morgan fingerprint density at radius 1 is 0.690 bits per heavy atom. The second kappa shape index (κ2) is 6.88. The molecule has 2 aliphatic rings. The van der Waals surface area contributed by atoms with E-state index in [2.05, 4.69) is 88.6 Å². The standard InChI is InChI=1S/2C12H13.C2H4.2ClH.Zr/c2*1-8-6-11-5-4-9(2)10(3)12(11)7-8;1-2;;;/h2*4-7H,1-3H3;1H,2H3;2*1H;/q;;;;;+2/p-2. The summed E-state index contributed by atoms with van der Waals surface area (Å²) in [4.78, 5) is 0. The van der Waals surface area contributed by atoms with E-state index in [1.54, 1.807) is 0 Å². The van der Waals surface area contributed by atoms with Crippen LogP contribution in [-0.2, 0) is 15.9 Å². The summed E-state index contributed by atoms with van der Waals surface area (Å²) in [5.41, 5.74) is 13.3. The van der Waals surface area contributed by atoms with Crippen LogP contribution < -0.4 is 0 Å². The van der Waals surface area contributed by atoms with Gasteiger partial charge in [-0.15, -0.1) is 0 Å². The molecule has 0 N–H and O–H groups in total. The zero-order chi connectivity index (χ0) is 21.3. The monoisotopic (exact) mass is 502 g/mol. The fourth-order valence-electron chi connectivity index (χ4n) is 5.68. The first-order valence-electron chi connectivity index (χ1n) is 10.5. The van der Waals surface area contributed by atoms with E-state index in [0.717, 1.165) is 0 Å². The molecule has 0 fully saturated rings. The van der Waals surface area contributed by atoms with Crippen LogP contribution in [0.5, 0.6) is 0 Å². The van der Waals surface area contributed by atoms with Gasteiger partial charge in [-0.3, -0.25) is 0 Å². The molecule has 4 rings (SSSR count). The molecule has 0 saturated carbocycles. The molecule has 2 aromatic rings. The van der Waals surface area contributed by atoms with Gasteiger partial charge in [-0.05, 0) is 0 Å². The summed E-state index contributed by atoms with van der Waals surface area (Å²) in [5.74, 6) is 0. The molecule has 2 aromatic carbocycles. The topological polar surface area (TPSA) is 0 Å². The molecule has 0 saturated heterocycles. The van der Waals surface area contributed by atoms with Crippen LogP contribution in [0.4, 0.5) is 0 Å². The van der Waals surface area contributed by atoms with Gasteiger partial charge in [0.25, 0.3) is 0 Å². The van der Waals surface area contributed by atoms with Gasteiger partial charge in [-0.1, -0.05) is 0 Å². The summed E-state index contributed by atoms with van der Waals surface area (Å²) < 4.78 is 2.46. The predicted octanol–water partition coefficient (Wildman–Crippen LogP) is 8.36. The maximum absolute atomic E-state index is 7.86. The third-order valence-corrected chi connectivity index (χ3v) is 27.2. The Kier molecular flexibility index (Phi) is 5.10. The van der Waals surface area contributed by atoms with Crippen LogP contribution in [-0.4, -0.2) is 3.71 Å². The van der Waals surface area contributed by atoms with Gasteiger partial charge in [0.05, 0.1) is 0 Å². The first-order valence-corrected chi connectivity index (χ1v) is 21.0. The summed E-state index contributed by atoms with van der Waals surface area (Å²) >= 11 is -4.54. The number of halogens is 2. The van der Waals surface area contributed by atoms with Crippen molar-refractivity contribution in [2.45, 2.75) is 55.7 Å². The van der Waals surface area contributed by atoms with Crippen molar-refractivity contribution < 1.29 is 15.9 Å². The van der Waals surface area contributed by atoms with E-state index in [-0.39, 0.29) is 7.25 Å². The quantitative estimate of drug-likeness (QED) is 0.385. The van der Waals surface area contributed by atoms with E-state index in [1.165, 1.54) is 55.7 Å². The van der Waals surface area contributed by atoms with E-state index >= 15 is 0 Å². The molecule has 2 atom stereocenters. The van der Waals surface area contributed by atoms with Crippen LogP contribution in [0, 0.1) is 27.7 Å². The Morgan fingerprint density at radius 3 is 1.41 bits per heavy atom. The van der Waals surface area contributed by atoms with Crippen molar-refractivity contribution in [2.75, 3.05) is 0 Å². The van der Waals surface area contributed by atoms with Crippen molar-refractivity contribution in [3.8, 4) is 0 Å². The van der Waals surface area contributed by atoms with Gasteiger partial charge in [-0.25, -0.2) is 0 Å². The Morgan fingerprint density at radius 2 is 1.07 bits per heavy atom. The Balaban J connectivity index is 2.00. The average molecular weight is 505 g/mol. The minimum absolute atomic E-state index is 0.111. The summed E-state index contributed by atoms with van der Waals surface area (Å²) in [6, 6.07) is 9.00. The van der Waals surface area contributed by atoms with Crippen molar-refractivity contribution in [1.82, 2.24) is 0 Å². The normalized spacial score (nSPS) is 20.9. The molecular weight excluding hydrogens is 474 g/mol. The number of aryl methyl sites for hydroxylation is 2. The van der Waals surface area contributed by atoms with Crippen molar-refractivity contribution in [3.63, 3.8) is 0 Å². The van der Waals surface area contributed by atoms with Crippen molar-refractivity contribution in [3.05, 3.63) is 79.9 Å². The van der Waals surface area contributed by atoms with Gasteiger partial charge < -0.3 is 0 Å². The number of benzene rings is 2. The zero-order valence-electron chi connectivity index (χ0n) is 18.5. The number of rotatable bonds is 2. The van der Waals surface area contributed by atoms with Crippen molar-refractivity contribution >= 4 is 32.9 Å². The Hall–Kier alpha value is -0.747. The van der Waals surface area contributed by atoms with Gasteiger partial charge >= 0.3 is 184 Å².